The molecule has 29 heavy (non-hydrogen) atoms. The van der Waals surface area contributed by atoms with Gasteiger partial charge in [-0.1, -0.05) is 17.3 Å². The lowest BCUT2D eigenvalue weighted by atomic mass is 10.1. The number of carbonyl (C=O) groups excluding carboxylic acids is 2. The Hall–Kier alpha value is -3.49. The molecule has 1 aromatic carbocycles. The Balaban J connectivity index is 1.33. The summed E-state index contributed by atoms with van der Waals surface area (Å²) in [4.78, 5) is 26.5. The molecule has 0 spiro atoms. The lowest BCUT2D eigenvalue weighted by Gasteiger charge is -2.27. The van der Waals surface area contributed by atoms with E-state index in [0.717, 1.165) is 24.5 Å². The number of aryl methyl sites for hydroxylation is 2. The van der Waals surface area contributed by atoms with Gasteiger partial charge in [-0.05, 0) is 25.5 Å². The predicted octanol–water partition coefficient (Wildman–Crippen LogP) is 3.14. The number of nitrogens with one attached hydrogen (secondary N) is 1. The maximum absolute atomic E-state index is 13.3. The third-order valence-corrected chi connectivity index (χ3v) is 4.67. The summed E-state index contributed by atoms with van der Waals surface area (Å²) in [5, 5.41) is 10.8. The Morgan fingerprint density at radius 3 is 2.90 bits per heavy atom. The quantitative estimate of drug-likeness (QED) is 0.714. The van der Waals surface area contributed by atoms with Gasteiger partial charge in [-0.2, -0.15) is 5.10 Å². The largest absolute Gasteiger partial charge is 0.338 e. The van der Waals surface area contributed by atoms with Crippen LogP contribution in [0.25, 0.3) is 11.3 Å². The number of fused-ring (bicyclic) bond motifs is 1. The molecule has 0 fully saturated rings. The first-order valence-electron chi connectivity index (χ1n) is 9.37. The van der Waals surface area contributed by atoms with Crippen LogP contribution in [-0.4, -0.2) is 33.3 Å². The van der Waals surface area contributed by atoms with Crippen LogP contribution in [0.15, 0.2) is 40.9 Å². The van der Waals surface area contributed by atoms with E-state index >= 15 is 0 Å². The molecule has 2 amide bonds. The molecule has 1 N–H and O–H groups in total. The Morgan fingerprint density at radius 2 is 2.07 bits per heavy atom. The molecule has 0 unspecified atom stereocenters. The third-order valence-electron chi connectivity index (χ3n) is 4.67. The molecule has 9 heteroatoms. The van der Waals surface area contributed by atoms with E-state index in [0.29, 0.717) is 17.8 Å². The minimum atomic E-state index is -0.385. The van der Waals surface area contributed by atoms with Crippen LogP contribution in [0.2, 0.25) is 0 Å². The standard InChI is InChI=1S/C20H20FN5O3/c1-13-10-19-25(8-3-9-26(19)23-13)20(28)7-6-17(27)22-18-12-16(24-29-18)14-4-2-5-15(21)11-14/h2,4-5,10-12H,3,6-9H2,1H3,(H,22,27). The van der Waals surface area contributed by atoms with Crippen molar-refractivity contribution in [2.75, 3.05) is 16.8 Å². The second-order valence-corrected chi connectivity index (χ2v) is 6.90. The molecule has 4 rings (SSSR count). The molecule has 0 atom stereocenters. The Morgan fingerprint density at radius 1 is 1.21 bits per heavy atom. The van der Waals surface area contributed by atoms with Gasteiger partial charge < -0.3 is 4.52 Å². The average molecular weight is 397 g/mol. The molecule has 2 aromatic heterocycles. The zero-order chi connectivity index (χ0) is 20.4. The van der Waals surface area contributed by atoms with Crippen LogP contribution in [0.3, 0.4) is 0 Å². The van der Waals surface area contributed by atoms with Gasteiger partial charge in [0.05, 0.1) is 5.69 Å². The smallest absolute Gasteiger partial charge is 0.231 e. The third kappa shape index (κ3) is 4.18. The highest BCUT2D eigenvalue weighted by molar-refractivity contribution is 5.97. The summed E-state index contributed by atoms with van der Waals surface area (Å²) >= 11 is 0. The highest BCUT2D eigenvalue weighted by Crippen LogP contribution is 2.24. The van der Waals surface area contributed by atoms with Crippen molar-refractivity contribution >= 4 is 23.5 Å². The molecule has 3 aromatic rings. The summed E-state index contributed by atoms with van der Waals surface area (Å²) in [5.41, 5.74) is 1.81. The van der Waals surface area contributed by atoms with Crippen molar-refractivity contribution in [1.29, 1.82) is 0 Å². The van der Waals surface area contributed by atoms with Gasteiger partial charge in [0.2, 0.25) is 17.7 Å². The van der Waals surface area contributed by atoms with Crippen LogP contribution in [0.1, 0.15) is 25.0 Å². The number of benzene rings is 1. The van der Waals surface area contributed by atoms with Crippen molar-refractivity contribution in [3.63, 3.8) is 0 Å². The SMILES string of the molecule is Cc1cc2n(n1)CCCN2C(=O)CCC(=O)Nc1cc(-c2cccc(F)c2)no1. The van der Waals surface area contributed by atoms with Crippen molar-refractivity contribution in [3.05, 3.63) is 47.9 Å². The fraction of sp³-hybridized carbons (Fsp3) is 0.300. The molecule has 1 aliphatic heterocycles. The number of hydrogen-bond donors (Lipinski definition) is 1. The van der Waals surface area contributed by atoms with Crippen LogP contribution in [0, 0.1) is 12.7 Å². The lowest BCUT2D eigenvalue weighted by molar-refractivity contribution is -0.122. The first-order chi connectivity index (χ1) is 14.0. The minimum Gasteiger partial charge on any atom is -0.338 e. The Labute approximate surface area is 166 Å². The molecule has 0 bridgehead atoms. The first kappa shape index (κ1) is 18.9. The van der Waals surface area contributed by atoms with E-state index in [1.165, 1.54) is 18.2 Å². The molecule has 0 radical (unpaired) electrons. The topological polar surface area (TPSA) is 93.3 Å². The number of hydrogen-bond acceptors (Lipinski definition) is 5. The van der Waals surface area contributed by atoms with Gasteiger partial charge >= 0.3 is 0 Å². The van der Waals surface area contributed by atoms with Gasteiger partial charge in [0.15, 0.2) is 0 Å². The van der Waals surface area contributed by atoms with E-state index in [-0.39, 0.29) is 36.4 Å². The fourth-order valence-electron chi connectivity index (χ4n) is 3.33. The van der Waals surface area contributed by atoms with Gasteiger partial charge in [-0.3, -0.25) is 19.8 Å². The monoisotopic (exact) mass is 397 g/mol. The van der Waals surface area contributed by atoms with Crippen LogP contribution < -0.4 is 10.2 Å². The van der Waals surface area contributed by atoms with Crippen molar-refractivity contribution in [3.8, 4) is 11.3 Å². The number of nitrogens with zero attached hydrogens (tertiary/aromatic N) is 4. The molecular formula is C20H20FN5O3. The van der Waals surface area contributed by atoms with E-state index in [1.807, 2.05) is 17.7 Å². The second-order valence-electron chi connectivity index (χ2n) is 6.90. The van der Waals surface area contributed by atoms with Gasteiger partial charge in [-0.25, -0.2) is 9.07 Å². The van der Waals surface area contributed by atoms with Gasteiger partial charge in [-0.15, -0.1) is 0 Å². The van der Waals surface area contributed by atoms with Crippen LogP contribution in [0.4, 0.5) is 16.1 Å². The van der Waals surface area contributed by atoms with Gasteiger partial charge in [0.25, 0.3) is 0 Å². The predicted molar refractivity (Wildman–Crippen MR) is 104 cm³/mol. The minimum absolute atomic E-state index is 0.0124. The summed E-state index contributed by atoms with van der Waals surface area (Å²) in [6, 6.07) is 9.31. The number of carbonyl (C=O) groups is 2. The summed E-state index contributed by atoms with van der Waals surface area (Å²) in [6.45, 7) is 3.29. The number of rotatable bonds is 5. The maximum atomic E-state index is 13.3. The summed E-state index contributed by atoms with van der Waals surface area (Å²) in [6.07, 6.45) is 0.909. The second kappa shape index (κ2) is 7.86. The number of aromatic nitrogens is 3. The van der Waals surface area contributed by atoms with Crippen LogP contribution in [-0.2, 0) is 16.1 Å². The van der Waals surface area contributed by atoms with E-state index in [9.17, 15) is 14.0 Å². The van der Waals surface area contributed by atoms with Crippen molar-refractivity contribution in [1.82, 2.24) is 14.9 Å². The zero-order valence-electron chi connectivity index (χ0n) is 15.9. The van der Waals surface area contributed by atoms with Crippen LogP contribution >= 0.6 is 0 Å². The van der Waals surface area contributed by atoms with Crippen molar-refractivity contribution in [2.45, 2.75) is 32.7 Å². The molecule has 3 heterocycles. The average Bonchev–Trinajstić information content (AvgIpc) is 3.31. The van der Waals surface area contributed by atoms with E-state index in [4.69, 9.17) is 4.52 Å². The normalized spacial score (nSPS) is 13.2. The molecular weight excluding hydrogens is 377 g/mol. The van der Waals surface area contributed by atoms with E-state index in [2.05, 4.69) is 15.6 Å². The van der Waals surface area contributed by atoms with E-state index < -0.39 is 0 Å². The Kier molecular flexibility index (Phi) is 5.11. The van der Waals surface area contributed by atoms with Crippen molar-refractivity contribution < 1.29 is 18.5 Å². The van der Waals surface area contributed by atoms with E-state index in [1.54, 1.807) is 17.0 Å². The molecule has 0 aliphatic carbocycles. The van der Waals surface area contributed by atoms with Crippen molar-refractivity contribution in [2.24, 2.45) is 0 Å². The number of halogens is 1. The number of amides is 2. The first-order valence-corrected chi connectivity index (χ1v) is 9.37. The van der Waals surface area contributed by atoms with Crippen LogP contribution in [0.5, 0.6) is 0 Å². The summed E-state index contributed by atoms with van der Waals surface area (Å²) in [7, 11) is 0. The summed E-state index contributed by atoms with van der Waals surface area (Å²) < 4.78 is 20.2. The molecule has 0 saturated carbocycles. The highest BCUT2D eigenvalue weighted by atomic mass is 19.1. The molecule has 150 valence electrons. The number of anilines is 2. The molecule has 1 aliphatic rings. The summed E-state index contributed by atoms with van der Waals surface area (Å²) in [5.74, 6) is 0.0485. The molecule has 8 nitrogen and oxygen atoms in total. The lowest BCUT2D eigenvalue weighted by Crippen LogP contribution is -2.37. The van der Waals surface area contributed by atoms with Gasteiger partial charge in [0.1, 0.15) is 17.3 Å². The highest BCUT2D eigenvalue weighted by Gasteiger charge is 2.24. The zero-order valence-corrected chi connectivity index (χ0v) is 15.9. The fourth-order valence-corrected chi connectivity index (χ4v) is 3.33. The van der Waals surface area contributed by atoms with Gasteiger partial charge in [0, 0.05) is 43.6 Å². The maximum Gasteiger partial charge on any atom is 0.231 e. The Bertz CT molecular complexity index is 1060. The molecule has 0 saturated heterocycles.